The first-order chi connectivity index (χ1) is 17.7. The number of ether oxygens (including phenoxy) is 1. The van der Waals surface area contributed by atoms with Crippen molar-refractivity contribution in [1.82, 2.24) is 9.88 Å². The second kappa shape index (κ2) is 15.2. The zero-order valence-corrected chi connectivity index (χ0v) is 23.5. The molecule has 0 radical (unpaired) electrons. The highest BCUT2D eigenvalue weighted by Gasteiger charge is 2.28. The molecule has 3 rings (SSSR count). The maximum absolute atomic E-state index is 13.8. The number of rotatable bonds is 11. The molecule has 11 heteroatoms. The first-order valence-corrected chi connectivity index (χ1v) is 14.4. The molecule has 0 aliphatic heterocycles. The maximum atomic E-state index is 13.8. The molecule has 1 aliphatic carbocycles. The fourth-order valence-electron chi connectivity index (χ4n) is 3.69. The second-order valence-electron chi connectivity index (χ2n) is 9.17. The third-order valence-corrected chi connectivity index (χ3v) is 8.45. The summed E-state index contributed by atoms with van der Waals surface area (Å²) in [5.41, 5.74) is -0.605. The molecule has 1 aromatic carbocycles. The summed E-state index contributed by atoms with van der Waals surface area (Å²) in [5, 5.41) is 12.6. The van der Waals surface area contributed by atoms with Gasteiger partial charge in [0.15, 0.2) is 5.13 Å². The number of halogens is 2. The van der Waals surface area contributed by atoms with Crippen LogP contribution >= 0.6 is 23.1 Å². The molecule has 1 fully saturated rings. The molecule has 1 aromatic heterocycles. The van der Waals surface area contributed by atoms with E-state index in [9.17, 15) is 23.5 Å². The van der Waals surface area contributed by atoms with Gasteiger partial charge in [-0.2, -0.15) is 0 Å². The molecule has 0 atom stereocenters. The third-order valence-electron chi connectivity index (χ3n) is 5.88. The highest BCUT2D eigenvalue weighted by atomic mass is 32.2. The summed E-state index contributed by atoms with van der Waals surface area (Å²) in [6, 6.07) is 3.17. The fraction of sp³-hybridized carbons (Fsp3) is 0.577. The van der Waals surface area contributed by atoms with Crippen LogP contribution in [-0.2, 0) is 16.1 Å². The largest absolute Gasteiger partial charge is 0.481 e. The molecule has 7 nitrogen and oxygen atoms in total. The Hall–Kier alpha value is -2.24. The van der Waals surface area contributed by atoms with Gasteiger partial charge < -0.3 is 14.7 Å². The first-order valence-electron chi connectivity index (χ1n) is 12.6. The molecular weight excluding hydrogens is 520 g/mol. The number of aliphatic carboxylic acids is 1. The van der Waals surface area contributed by atoms with Gasteiger partial charge in [-0.15, -0.1) is 11.8 Å². The summed E-state index contributed by atoms with van der Waals surface area (Å²) >= 11 is 2.70. The second-order valence-corrected chi connectivity index (χ2v) is 11.5. The number of hydrogen-bond acceptors (Lipinski definition) is 6. The molecular formula is C26H37F2N3O4S2. The van der Waals surface area contributed by atoms with E-state index in [1.807, 2.05) is 13.8 Å². The number of hydrogen-bond donors (Lipinski definition) is 2. The van der Waals surface area contributed by atoms with Crippen molar-refractivity contribution in [2.75, 3.05) is 24.2 Å². The molecule has 2 N–H and O–H groups in total. The van der Waals surface area contributed by atoms with E-state index in [4.69, 9.17) is 4.74 Å². The Morgan fingerprint density at radius 2 is 1.95 bits per heavy atom. The molecule has 0 spiro atoms. The lowest BCUT2D eigenvalue weighted by Gasteiger charge is -2.34. The lowest BCUT2D eigenvalue weighted by molar-refractivity contribution is -0.145. The molecule has 1 aliphatic rings. The molecule has 1 heterocycles. The fourth-order valence-corrected chi connectivity index (χ4v) is 5.63. The van der Waals surface area contributed by atoms with Gasteiger partial charge in [0.2, 0.25) is 0 Å². The van der Waals surface area contributed by atoms with Gasteiger partial charge in [0.1, 0.15) is 11.6 Å². The predicted octanol–water partition coefficient (Wildman–Crippen LogP) is 7.03. The Labute approximate surface area is 226 Å². The highest BCUT2D eigenvalue weighted by Crippen LogP contribution is 2.33. The van der Waals surface area contributed by atoms with E-state index >= 15 is 0 Å². The minimum Gasteiger partial charge on any atom is -0.481 e. The van der Waals surface area contributed by atoms with Gasteiger partial charge in [0.25, 0.3) is 0 Å². The third kappa shape index (κ3) is 9.86. The van der Waals surface area contributed by atoms with E-state index < -0.39 is 23.0 Å². The Morgan fingerprint density at radius 3 is 2.59 bits per heavy atom. The van der Waals surface area contributed by atoms with Crippen LogP contribution in [-0.4, -0.2) is 51.9 Å². The number of thioether (sulfide) groups is 1. The Morgan fingerprint density at radius 1 is 1.24 bits per heavy atom. The van der Waals surface area contributed by atoms with Crippen molar-refractivity contribution in [3.05, 3.63) is 41.6 Å². The number of carboxylic acids is 1. The molecule has 1 saturated carbocycles. The zero-order valence-electron chi connectivity index (χ0n) is 21.9. The number of carboxylic acid groups (broad SMARTS) is 1. The number of nitrogens with one attached hydrogen (secondary N) is 1. The van der Waals surface area contributed by atoms with Crippen molar-refractivity contribution in [3.63, 3.8) is 0 Å². The van der Waals surface area contributed by atoms with Crippen molar-refractivity contribution >= 4 is 40.2 Å². The lowest BCUT2D eigenvalue weighted by Crippen LogP contribution is -2.45. The highest BCUT2D eigenvalue weighted by molar-refractivity contribution is 8.01. The van der Waals surface area contributed by atoms with Crippen molar-refractivity contribution in [2.45, 2.75) is 76.7 Å². The van der Waals surface area contributed by atoms with Gasteiger partial charge in [0.05, 0.1) is 29.0 Å². The summed E-state index contributed by atoms with van der Waals surface area (Å²) in [6.45, 7) is 7.87. The van der Waals surface area contributed by atoms with Gasteiger partial charge in [-0.3, -0.25) is 10.1 Å². The van der Waals surface area contributed by atoms with E-state index in [-0.39, 0.29) is 30.9 Å². The van der Waals surface area contributed by atoms with Crippen LogP contribution in [0.3, 0.4) is 0 Å². The van der Waals surface area contributed by atoms with E-state index in [0.717, 1.165) is 42.4 Å². The maximum Gasteiger partial charge on any atom is 0.323 e. The molecule has 0 unspecified atom stereocenters. The summed E-state index contributed by atoms with van der Waals surface area (Å²) < 4.78 is 33.3. The summed E-state index contributed by atoms with van der Waals surface area (Å²) in [5.74, 6) is -1.77. The number of carbonyl (C=O) groups excluding carboxylic acids is 1. The van der Waals surface area contributed by atoms with Gasteiger partial charge in [-0.05, 0) is 32.8 Å². The minimum atomic E-state index is -0.868. The lowest BCUT2D eigenvalue weighted by atomic mass is 9.94. The number of aromatic nitrogens is 1. The summed E-state index contributed by atoms with van der Waals surface area (Å²) in [6.07, 6.45) is 6.69. The van der Waals surface area contributed by atoms with Gasteiger partial charge in [-0.1, -0.05) is 50.5 Å². The number of nitrogens with zero attached hydrogens (tertiary/aromatic N) is 2. The number of urea groups is 1. The number of amides is 2. The van der Waals surface area contributed by atoms with Crippen molar-refractivity contribution in [1.29, 1.82) is 0 Å². The van der Waals surface area contributed by atoms with E-state index in [1.165, 1.54) is 35.2 Å². The number of benzene rings is 1. The van der Waals surface area contributed by atoms with Gasteiger partial charge >= 0.3 is 12.0 Å². The first kappa shape index (κ1) is 31.0. The van der Waals surface area contributed by atoms with Crippen molar-refractivity contribution in [3.8, 4) is 0 Å². The number of thiazole rings is 1. The van der Waals surface area contributed by atoms with Gasteiger partial charge in [-0.25, -0.2) is 18.6 Å². The average Bonchev–Trinajstić information content (AvgIpc) is 3.32. The van der Waals surface area contributed by atoms with Crippen LogP contribution < -0.4 is 5.32 Å². The van der Waals surface area contributed by atoms with Gasteiger partial charge in [0, 0.05) is 30.0 Å². The molecule has 0 bridgehead atoms. The summed E-state index contributed by atoms with van der Waals surface area (Å²) in [4.78, 5) is 30.5. The molecule has 2 amide bonds. The van der Waals surface area contributed by atoms with Crippen LogP contribution in [0.1, 0.15) is 65.4 Å². The average molecular weight is 558 g/mol. The number of carbonyl (C=O) groups is 2. The number of anilines is 1. The molecule has 206 valence electrons. The Kier molecular flexibility index (Phi) is 12.8. The zero-order chi connectivity index (χ0) is 27.4. The van der Waals surface area contributed by atoms with Crippen LogP contribution in [0.25, 0.3) is 0 Å². The minimum absolute atomic E-state index is 0.00794. The van der Waals surface area contributed by atoms with E-state index in [2.05, 4.69) is 10.3 Å². The quantitative estimate of drug-likeness (QED) is 0.228. The topological polar surface area (TPSA) is 91.8 Å². The van der Waals surface area contributed by atoms with Crippen LogP contribution in [0.15, 0.2) is 28.6 Å². The van der Waals surface area contributed by atoms with Crippen molar-refractivity contribution < 1.29 is 28.2 Å². The Balaban J connectivity index is 0.00000235. The predicted molar refractivity (Wildman–Crippen MR) is 144 cm³/mol. The van der Waals surface area contributed by atoms with E-state index in [0.29, 0.717) is 17.4 Å². The smallest absolute Gasteiger partial charge is 0.323 e. The van der Waals surface area contributed by atoms with Crippen LogP contribution in [0, 0.1) is 17.0 Å². The van der Waals surface area contributed by atoms with Crippen LogP contribution in [0.5, 0.6) is 0 Å². The standard InChI is InChI=1S/C24H31F2N3O4S2.C2H6/c1-24(2,21(30)31)15-34-20-13-27-22(35-20)28-23(32)29(18-6-4-3-5-7-18)10-11-33-14-16-8-9-17(25)12-19(16)26;1-2/h8-9,12-13,18H,3-7,10-11,14-15H2,1-2H3,(H,30,31)(H,27,28,32);1-2H3. The van der Waals surface area contributed by atoms with E-state index in [1.54, 1.807) is 24.9 Å². The molecule has 37 heavy (non-hydrogen) atoms. The molecule has 2 aromatic rings. The van der Waals surface area contributed by atoms with Crippen molar-refractivity contribution in [2.24, 2.45) is 5.41 Å². The molecule has 0 saturated heterocycles. The van der Waals surface area contributed by atoms with Crippen LogP contribution in [0.4, 0.5) is 18.7 Å². The monoisotopic (exact) mass is 557 g/mol. The summed E-state index contributed by atoms with van der Waals surface area (Å²) in [7, 11) is 0. The SMILES string of the molecule is CC.CC(C)(CSc1cnc(NC(=O)N(CCOCc2ccc(F)cc2F)C2CCCCC2)s1)C(=O)O. The normalized spacial score (nSPS) is 14.0. The Bertz CT molecular complexity index is 1010. The van der Waals surface area contributed by atoms with Crippen LogP contribution in [0.2, 0.25) is 0 Å².